The number of hydrogen-bond acceptors (Lipinski definition) is 3. The molecule has 2 aromatic rings. The molecule has 4 heteroatoms. The second-order valence-electron chi connectivity index (χ2n) is 5.36. The minimum absolute atomic E-state index is 0.330. The summed E-state index contributed by atoms with van der Waals surface area (Å²) in [5.74, 6) is -0.395. The number of nitrogens with one attached hydrogen (secondary N) is 1. The molecule has 4 nitrogen and oxygen atoms in total. The Morgan fingerprint density at radius 2 is 1.83 bits per heavy atom. The van der Waals surface area contributed by atoms with Crippen LogP contribution in [-0.2, 0) is 4.79 Å². The minimum Gasteiger partial charge on any atom is -0.481 e. The van der Waals surface area contributed by atoms with Crippen molar-refractivity contribution in [3.63, 3.8) is 0 Å². The molecule has 0 saturated heterocycles. The molecule has 0 spiro atoms. The Kier molecular flexibility index (Phi) is 8.13. The summed E-state index contributed by atoms with van der Waals surface area (Å²) in [5.41, 5.74) is 2.33. The van der Waals surface area contributed by atoms with E-state index in [9.17, 15) is 4.79 Å². The minimum atomic E-state index is -0.980. The van der Waals surface area contributed by atoms with Crippen LogP contribution in [0.4, 0.5) is 5.69 Å². The van der Waals surface area contributed by atoms with Crippen LogP contribution in [0, 0.1) is 0 Å². The quantitative estimate of drug-likeness (QED) is 0.769. The molecule has 0 radical (unpaired) electrons. The van der Waals surface area contributed by atoms with Gasteiger partial charge in [0.15, 0.2) is 6.61 Å². The zero-order valence-corrected chi connectivity index (χ0v) is 14.7. The first-order valence-corrected chi connectivity index (χ1v) is 7.79. The van der Waals surface area contributed by atoms with Crippen LogP contribution in [0.1, 0.15) is 20.8 Å². The van der Waals surface area contributed by atoms with Gasteiger partial charge in [0.05, 0.1) is 0 Å². The van der Waals surface area contributed by atoms with Gasteiger partial charge in [-0.1, -0.05) is 48.1 Å². The van der Waals surface area contributed by atoms with Gasteiger partial charge in [-0.15, -0.1) is 0 Å². The number of ether oxygens (including phenoxy) is 1. The van der Waals surface area contributed by atoms with Crippen molar-refractivity contribution in [2.24, 2.45) is 0 Å². The van der Waals surface area contributed by atoms with E-state index in [0.717, 1.165) is 16.5 Å². The molecule has 2 aromatic carbocycles. The lowest BCUT2D eigenvalue weighted by atomic mass is 10.1. The van der Waals surface area contributed by atoms with Crippen molar-refractivity contribution < 1.29 is 14.6 Å². The van der Waals surface area contributed by atoms with E-state index < -0.39 is 5.97 Å². The average molecular weight is 327 g/mol. The Bertz CT molecular complexity index is 729. The van der Waals surface area contributed by atoms with Gasteiger partial charge in [0.25, 0.3) is 0 Å². The molecule has 0 saturated carbocycles. The Hall–Kier alpha value is -2.75. The third-order valence-corrected chi connectivity index (χ3v) is 3.13. The van der Waals surface area contributed by atoms with E-state index in [-0.39, 0.29) is 6.61 Å². The molecular formula is C20H25NO3. The molecule has 2 N–H and O–H groups in total. The van der Waals surface area contributed by atoms with Gasteiger partial charge >= 0.3 is 5.97 Å². The molecule has 0 unspecified atom stereocenters. The molecule has 2 rings (SSSR count). The van der Waals surface area contributed by atoms with Gasteiger partial charge in [0.2, 0.25) is 0 Å². The van der Waals surface area contributed by atoms with E-state index in [1.165, 1.54) is 5.57 Å². The third kappa shape index (κ3) is 6.16. The maximum Gasteiger partial charge on any atom is 0.341 e. The fourth-order valence-electron chi connectivity index (χ4n) is 2.04. The zero-order valence-electron chi connectivity index (χ0n) is 14.7. The van der Waals surface area contributed by atoms with Crippen LogP contribution in [-0.4, -0.2) is 24.7 Å². The molecule has 0 atom stereocenters. The van der Waals surface area contributed by atoms with E-state index in [1.54, 1.807) is 6.07 Å². The Labute approximate surface area is 143 Å². The average Bonchev–Trinajstić information content (AvgIpc) is 2.58. The van der Waals surface area contributed by atoms with Gasteiger partial charge in [-0.25, -0.2) is 4.79 Å². The summed E-state index contributed by atoms with van der Waals surface area (Å²) in [6.45, 7) is 5.85. The van der Waals surface area contributed by atoms with Crippen LogP contribution in [0.5, 0.6) is 5.75 Å². The number of aliphatic carboxylic acids is 1. The van der Waals surface area contributed by atoms with Crippen molar-refractivity contribution in [1.82, 2.24) is 0 Å². The maximum absolute atomic E-state index is 10.5. The smallest absolute Gasteiger partial charge is 0.341 e. The predicted octanol–water partition coefficient (Wildman–Crippen LogP) is 4.87. The summed E-state index contributed by atoms with van der Waals surface area (Å²) >= 11 is 0. The molecular weight excluding hydrogens is 302 g/mol. The van der Waals surface area contributed by atoms with Crippen molar-refractivity contribution in [1.29, 1.82) is 0 Å². The summed E-state index contributed by atoms with van der Waals surface area (Å²) in [6.07, 6.45) is 6.14. The molecule has 128 valence electrons. The van der Waals surface area contributed by atoms with Crippen LogP contribution in [0.15, 0.2) is 60.2 Å². The Morgan fingerprint density at radius 3 is 2.33 bits per heavy atom. The standard InChI is InChI=1S/C13H13NO3.C7H12/c1-14-11-6-7-12(17-8-13(15)16)10-5-3-2-4-9(10)11;1-4-5-6-7(2)3/h2-7,14H,8H2,1H3,(H,15,16);4-6H,1-3H3/b;5-4-. The van der Waals surface area contributed by atoms with E-state index >= 15 is 0 Å². The lowest BCUT2D eigenvalue weighted by Gasteiger charge is -2.11. The van der Waals surface area contributed by atoms with Crippen LogP contribution in [0.25, 0.3) is 10.8 Å². The number of hydrogen-bond donors (Lipinski definition) is 2. The van der Waals surface area contributed by atoms with Crippen LogP contribution in [0.3, 0.4) is 0 Å². The summed E-state index contributed by atoms with van der Waals surface area (Å²) in [5, 5.41) is 13.6. The van der Waals surface area contributed by atoms with Crippen molar-refractivity contribution in [3.8, 4) is 5.75 Å². The molecule has 0 bridgehead atoms. The topological polar surface area (TPSA) is 58.6 Å². The molecule has 0 aliphatic carbocycles. The maximum atomic E-state index is 10.5. The first-order valence-electron chi connectivity index (χ1n) is 7.79. The fraction of sp³-hybridized carbons (Fsp3) is 0.250. The molecule has 0 aliphatic rings. The number of anilines is 1. The number of fused-ring (bicyclic) bond motifs is 1. The monoisotopic (exact) mass is 327 g/mol. The largest absolute Gasteiger partial charge is 0.481 e. The molecule has 24 heavy (non-hydrogen) atoms. The van der Waals surface area contributed by atoms with Gasteiger partial charge in [0, 0.05) is 23.5 Å². The number of carboxylic acids is 1. The highest BCUT2D eigenvalue weighted by atomic mass is 16.5. The lowest BCUT2D eigenvalue weighted by molar-refractivity contribution is -0.139. The number of rotatable bonds is 5. The van der Waals surface area contributed by atoms with Crippen molar-refractivity contribution in [3.05, 3.63) is 60.2 Å². The number of benzene rings is 2. The Morgan fingerprint density at radius 1 is 1.17 bits per heavy atom. The van der Waals surface area contributed by atoms with Gasteiger partial charge in [0.1, 0.15) is 5.75 Å². The summed E-state index contributed by atoms with van der Waals surface area (Å²) in [7, 11) is 1.85. The summed E-state index contributed by atoms with van der Waals surface area (Å²) in [4.78, 5) is 10.5. The highest BCUT2D eigenvalue weighted by Crippen LogP contribution is 2.31. The van der Waals surface area contributed by atoms with Crippen LogP contribution >= 0.6 is 0 Å². The molecule has 0 amide bonds. The second kappa shape index (κ2) is 10.1. The van der Waals surface area contributed by atoms with Gasteiger partial charge in [-0.05, 0) is 32.9 Å². The number of carboxylic acid groups (broad SMARTS) is 1. The van der Waals surface area contributed by atoms with Crippen molar-refractivity contribution in [2.75, 3.05) is 19.0 Å². The van der Waals surface area contributed by atoms with Gasteiger partial charge in [-0.2, -0.15) is 0 Å². The number of carbonyl (C=O) groups is 1. The summed E-state index contributed by atoms with van der Waals surface area (Å²) in [6, 6.07) is 11.4. The molecule has 0 heterocycles. The highest BCUT2D eigenvalue weighted by molar-refractivity contribution is 5.98. The number of allylic oxidation sites excluding steroid dienone is 4. The second-order valence-corrected chi connectivity index (χ2v) is 5.36. The van der Waals surface area contributed by atoms with E-state index in [1.807, 2.05) is 56.5 Å². The molecule has 0 aromatic heterocycles. The lowest BCUT2D eigenvalue weighted by Crippen LogP contribution is -2.09. The van der Waals surface area contributed by atoms with Crippen LogP contribution < -0.4 is 10.1 Å². The normalized spacial score (nSPS) is 10.0. The SMILES string of the molecule is C/C=C\C=C(C)C.CNc1ccc(OCC(=O)O)c2ccccc12. The van der Waals surface area contributed by atoms with Crippen LogP contribution in [0.2, 0.25) is 0 Å². The zero-order chi connectivity index (χ0) is 17.9. The van der Waals surface area contributed by atoms with Gasteiger partial charge in [-0.3, -0.25) is 0 Å². The van der Waals surface area contributed by atoms with E-state index in [0.29, 0.717) is 5.75 Å². The first kappa shape index (κ1) is 19.3. The van der Waals surface area contributed by atoms with Crippen molar-refractivity contribution in [2.45, 2.75) is 20.8 Å². The Balaban J connectivity index is 0.000000351. The van der Waals surface area contributed by atoms with Crippen molar-refractivity contribution >= 4 is 22.4 Å². The fourth-order valence-corrected chi connectivity index (χ4v) is 2.04. The first-order chi connectivity index (χ1) is 11.5. The van der Waals surface area contributed by atoms with E-state index in [2.05, 4.69) is 25.2 Å². The van der Waals surface area contributed by atoms with Gasteiger partial charge < -0.3 is 15.2 Å². The highest BCUT2D eigenvalue weighted by Gasteiger charge is 2.06. The molecule has 0 aliphatic heterocycles. The predicted molar refractivity (Wildman–Crippen MR) is 101 cm³/mol. The third-order valence-electron chi connectivity index (χ3n) is 3.13. The van der Waals surface area contributed by atoms with E-state index in [4.69, 9.17) is 9.84 Å². The summed E-state index contributed by atoms with van der Waals surface area (Å²) < 4.78 is 5.25. The molecule has 0 fully saturated rings.